The van der Waals surface area contributed by atoms with Crippen molar-refractivity contribution in [2.24, 2.45) is 5.92 Å². The molecule has 0 aromatic heterocycles. The second-order valence-corrected chi connectivity index (χ2v) is 4.76. The molecule has 0 atom stereocenters. The van der Waals surface area contributed by atoms with Gasteiger partial charge in [-0.1, -0.05) is 26.0 Å². The number of carbonyl (C=O) groups excluding carboxylic acids is 1. The van der Waals surface area contributed by atoms with E-state index in [2.05, 4.69) is 19.2 Å². The summed E-state index contributed by atoms with van der Waals surface area (Å²) in [4.78, 5) is 11.3. The van der Waals surface area contributed by atoms with Crippen LogP contribution >= 0.6 is 0 Å². The van der Waals surface area contributed by atoms with Crippen molar-refractivity contribution < 1.29 is 9.53 Å². The van der Waals surface area contributed by atoms with E-state index in [1.54, 1.807) is 0 Å². The number of benzene rings is 1. The Labute approximate surface area is 103 Å². The van der Waals surface area contributed by atoms with Gasteiger partial charge in [0.1, 0.15) is 6.61 Å². The van der Waals surface area contributed by atoms with E-state index in [1.165, 1.54) is 0 Å². The lowest BCUT2D eigenvalue weighted by atomic mass is 10.2. The molecule has 0 fully saturated rings. The number of esters is 1. The lowest BCUT2D eigenvalue weighted by Crippen LogP contribution is -2.12. The SMILES string of the molecule is CC(C)Nc1cccc(COC(=O)C(C)C)c1. The Balaban J connectivity index is 2.57. The standard InChI is InChI=1S/C14H21NO2/c1-10(2)14(16)17-9-12-6-5-7-13(8-12)15-11(3)4/h5-8,10-11,15H,9H2,1-4H3. The number of hydrogen-bond donors (Lipinski definition) is 1. The van der Waals surface area contributed by atoms with Gasteiger partial charge < -0.3 is 10.1 Å². The molecule has 0 radical (unpaired) electrons. The fraction of sp³-hybridized carbons (Fsp3) is 0.500. The second-order valence-electron chi connectivity index (χ2n) is 4.76. The highest BCUT2D eigenvalue weighted by atomic mass is 16.5. The molecule has 0 aliphatic heterocycles. The van der Waals surface area contributed by atoms with Crippen LogP contribution in [0.15, 0.2) is 24.3 Å². The van der Waals surface area contributed by atoms with E-state index in [1.807, 2.05) is 38.1 Å². The van der Waals surface area contributed by atoms with E-state index in [9.17, 15) is 4.79 Å². The van der Waals surface area contributed by atoms with Crippen molar-refractivity contribution in [3.8, 4) is 0 Å². The van der Waals surface area contributed by atoms with Crippen molar-refractivity contribution in [2.75, 3.05) is 5.32 Å². The zero-order chi connectivity index (χ0) is 12.8. The van der Waals surface area contributed by atoms with Crippen molar-refractivity contribution >= 4 is 11.7 Å². The van der Waals surface area contributed by atoms with Crippen LogP contribution in [0.3, 0.4) is 0 Å². The van der Waals surface area contributed by atoms with Crippen molar-refractivity contribution in [3.63, 3.8) is 0 Å². The predicted octanol–water partition coefficient (Wildman–Crippen LogP) is 3.21. The third kappa shape index (κ3) is 4.89. The van der Waals surface area contributed by atoms with E-state index in [0.29, 0.717) is 12.6 Å². The Hall–Kier alpha value is -1.51. The first-order valence-corrected chi connectivity index (χ1v) is 6.01. The van der Waals surface area contributed by atoms with E-state index in [-0.39, 0.29) is 11.9 Å². The molecule has 0 unspecified atom stereocenters. The molecule has 94 valence electrons. The van der Waals surface area contributed by atoms with Gasteiger partial charge in [0.2, 0.25) is 0 Å². The van der Waals surface area contributed by atoms with Crippen LogP contribution < -0.4 is 5.32 Å². The average molecular weight is 235 g/mol. The number of nitrogens with one attached hydrogen (secondary N) is 1. The fourth-order valence-corrected chi connectivity index (χ4v) is 1.41. The number of rotatable bonds is 5. The van der Waals surface area contributed by atoms with E-state index >= 15 is 0 Å². The van der Waals surface area contributed by atoms with Crippen LogP contribution in [0.1, 0.15) is 33.3 Å². The summed E-state index contributed by atoms with van der Waals surface area (Å²) in [5.41, 5.74) is 2.06. The summed E-state index contributed by atoms with van der Waals surface area (Å²) in [5.74, 6) is -0.237. The Morgan fingerprint density at radius 2 is 2.00 bits per heavy atom. The lowest BCUT2D eigenvalue weighted by molar-refractivity contribution is -0.148. The summed E-state index contributed by atoms with van der Waals surface area (Å²) >= 11 is 0. The monoisotopic (exact) mass is 235 g/mol. The van der Waals surface area contributed by atoms with Crippen LogP contribution in [0.25, 0.3) is 0 Å². The largest absolute Gasteiger partial charge is 0.461 e. The lowest BCUT2D eigenvalue weighted by Gasteiger charge is -2.12. The molecule has 0 spiro atoms. The Morgan fingerprint density at radius 3 is 2.59 bits per heavy atom. The van der Waals surface area contributed by atoms with Crippen molar-refractivity contribution in [1.82, 2.24) is 0 Å². The molecule has 17 heavy (non-hydrogen) atoms. The van der Waals surface area contributed by atoms with Crippen molar-refractivity contribution in [2.45, 2.75) is 40.3 Å². The fourth-order valence-electron chi connectivity index (χ4n) is 1.41. The van der Waals surface area contributed by atoms with Gasteiger partial charge in [0.15, 0.2) is 0 Å². The van der Waals surface area contributed by atoms with Gasteiger partial charge in [-0.25, -0.2) is 0 Å². The van der Waals surface area contributed by atoms with Gasteiger partial charge in [0.25, 0.3) is 0 Å². The Kier molecular flexibility index (Phi) is 5.01. The topological polar surface area (TPSA) is 38.3 Å². The number of ether oxygens (including phenoxy) is 1. The molecule has 0 saturated carbocycles. The minimum Gasteiger partial charge on any atom is -0.461 e. The second kappa shape index (κ2) is 6.28. The molecule has 3 heteroatoms. The molecule has 1 N–H and O–H groups in total. The average Bonchev–Trinajstić information content (AvgIpc) is 2.25. The van der Waals surface area contributed by atoms with Crippen LogP contribution in [0.2, 0.25) is 0 Å². The smallest absolute Gasteiger partial charge is 0.308 e. The quantitative estimate of drug-likeness (QED) is 0.796. The Bertz CT molecular complexity index is 372. The molecule has 1 aromatic carbocycles. The van der Waals surface area contributed by atoms with E-state index < -0.39 is 0 Å². The molecule has 3 nitrogen and oxygen atoms in total. The molecule has 0 aliphatic rings. The molecule has 0 amide bonds. The highest BCUT2D eigenvalue weighted by Gasteiger charge is 2.08. The molecule has 0 saturated heterocycles. The summed E-state index contributed by atoms with van der Waals surface area (Å²) in [5, 5.41) is 3.32. The number of anilines is 1. The molecule has 0 heterocycles. The third-order valence-corrected chi connectivity index (χ3v) is 2.23. The van der Waals surface area contributed by atoms with Crippen LogP contribution in [0.5, 0.6) is 0 Å². The zero-order valence-electron chi connectivity index (χ0n) is 11.0. The minimum atomic E-state index is -0.160. The summed E-state index contributed by atoms with van der Waals surface area (Å²) in [6, 6.07) is 8.33. The Morgan fingerprint density at radius 1 is 1.29 bits per heavy atom. The molecule has 1 rings (SSSR count). The van der Waals surface area contributed by atoms with Gasteiger partial charge in [0.05, 0.1) is 5.92 Å². The molecule has 0 aliphatic carbocycles. The molecular formula is C14H21NO2. The van der Waals surface area contributed by atoms with Crippen molar-refractivity contribution in [3.05, 3.63) is 29.8 Å². The van der Waals surface area contributed by atoms with Crippen LogP contribution in [0.4, 0.5) is 5.69 Å². The number of hydrogen-bond acceptors (Lipinski definition) is 3. The maximum atomic E-state index is 11.3. The highest BCUT2D eigenvalue weighted by Crippen LogP contribution is 2.13. The first-order valence-electron chi connectivity index (χ1n) is 6.01. The zero-order valence-corrected chi connectivity index (χ0v) is 11.0. The van der Waals surface area contributed by atoms with Crippen molar-refractivity contribution in [1.29, 1.82) is 0 Å². The third-order valence-electron chi connectivity index (χ3n) is 2.23. The maximum Gasteiger partial charge on any atom is 0.308 e. The normalized spacial score (nSPS) is 10.7. The molecular weight excluding hydrogens is 214 g/mol. The van der Waals surface area contributed by atoms with E-state index in [4.69, 9.17) is 4.74 Å². The molecule has 0 bridgehead atoms. The molecule has 1 aromatic rings. The summed E-state index contributed by atoms with van der Waals surface area (Å²) < 4.78 is 5.18. The van der Waals surface area contributed by atoms with Gasteiger partial charge in [-0.05, 0) is 31.5 Å². The van der Waals surface area contributed by atoms with Gasteiger partial charge in [0, 0.05) is 11.7 Å². The van der Waals surface area contributed by atoms with Crippen LogP contribution in [0, 0.1) is 5.92 Å². The summed E-state index contributed by atoms with van der Waals surface area (Å²) in [6.07, 6.45) is 0. The van der Waals surface area contributed by atoms with Crippen LogP contribution in [-0.2, 0) is 16.1 Å². The maximum absolute atomic E-state index is 11.3. The summed E-state index contributed by atoms with van der Waals surface area (Å²) in [6.45, 7) is 8.18. The van der Waals surface area contributed by atoms with Gasteiger partial charge in [-0.15, -0.1) is 0 Å². The predicted molar refractivity (Wildman–Crippen MR) is 69.8 cm³/mol. The number of carbonyl (C=O) groups is 1. The van der Waals surface area contributed by atoms with E-state index in [0.717, 1.165) is 11.3 Å². The minimum absolute atomic E-state index is 0.0769. The van der Waals surface area contributed by atoms with Gasteiger partial charge in [-0.3, -0.25) is 4.79 Å². The first-order chi connectivity index (χ1) is 7.99. The van der Waals surface area contributed by atoms with Crippen LogP contribution in [-0.4, -0.2) is 12.0 Å². The first kappa shape index (κ1) is 13.6. The summed E-state index contributed by atoms with van der Waals surface area (Å²) in [7, 11) is 0. The van der Waals surface area contributed by atoms with Gasteiger partial charge in [-0.2, -0.15) is 0 Å². The highest BCUT2D eigenvalue weighted by molar-refractivity contribution is 5.71. The van der Waals surface area contributed by atoms with Gasteiger partial charge >= 0.3 is 5.97 Å².